The van der Waals surface area contributed by atoms with Crippen LogP contribution in [0.15, 0.2) is 78.9 Å². The summed E-state index contributed by atoms with van der Waals surface area (Å²) in [5.41, 5.74) is 4.57. The van der Waals surface area contributed by atoms with Crippen LogP contribution >= 0.6 is 12.2 Å². The van der Waals surface area contributed by atoms with Crippen molar-refractivity contribution >= 4 is 28.9 Å². The lowest BCUT2D eigenvalue weighted by atomic mass is 10.0. The van der Waals surface area contributed by atoms with Gasteiger partial charge in [0.1, 0.15) is 0 Å². The van der Waals surface area contributed by atoms with Gasteiger partial charge in [-0.3, -0.25) is 10.1 Å². The first-order valence-corrected chi connectivity index (χ1v) is 8.38. The maximum atomic E-state index is 12.3. The molecule has 0 saturated heterocycles. The molecule has 1 amide bonds. The third-order valence-electron chi connectivity index (χ3n) is 3.77. The summed E-state index contributed by atoms with van der Waals surface area (Å²) < 4.78 is 0. The van der Waals surface area contributed by atoms with Crippen LogP contribution in [0.4, 0.5) is 5.69 Å². The maximum Gasteiger partial charge on any atom is 0.257 e. The van der Waals surface area contributed by atoms with Gasteiger partial charge in [-0.15, -0.1) is 0 Å². The molecule has 0 spiro atoms. The van der Waals surface area contributed by atoms with Crippen LogP contribution in [0.1, 0.15) is 15.9 Å². The SMILES string of the molecule is Cc1cccc(C(=O)NC(=S)Nc2ccccc2-c2ccccc2)c1. The number of aryl methyl sites for hydroxylation is 1. The van der Waals surface area contributed by atoms with Gasteiger partial charge in [-0.2, -0.15) is 0 Å². The maximum absolute atomic E-state index is 12.3. The standard InChI is InChI=1S/C21H18N2OS/c1-15-8-7-11-17(14-15)20(24)23-21(25)22-19-13-6-5-12-18(19)16-9-3-2-4-10-16/h2-14H,1H3,(H2,22,23,24,25). The van der Waals surface area contributed by atoms with E-state index in [1.807, 2.05) is 79.7 Å². The highest BCUT2D eigenvalue weighted by Gasteiger charge is 2.10. The van der Waals surface area contributed by atoms with Crippen LogP contribution in [0.3, 0.4) is 0 Å². The van der Waals surface area contributed by atoms with E-state index in [2.05, 4.69) is 10.6 Å². The zero-order chi connectivity index (χ0) is 17.6. The van der Waals surface area contributed by atoms with E-state index in [9.17, 15) is 4.79 Å². The molecule has 0 radical (unpaired) electrons. The Morgan fingerprint density at radius 2 is 1.60 bits per heavy atom. The molecular formula is C21H18N2OS. The van der Waals surface area contributed by atoms with Crippen molar-refractivity contribution in [3.8, 4) is 11.1 Å². The van der Waals surface area contributed by atoms with Crippen molar-refractivity contribution in [1.29, 1.82) is 0 Å². The van der Waals surface area contributed by atoms with Crippen LogP contribution in [0.5, 0.6) is 0 Å². The van der Waals surface area contributed by atoms with Crippen molar-refractivity contribution in [1.82, 2.24) is 5.32 Å². The Morgan fingerprint density at radius 1 is 0.880 bits per heavy atom. The summed E-state index contributed by atoms with van der Waals surface area (Å²) in [4.78, 5) is 12.3. The number of carbonyl (C=O) groups is 1. The van der Waals surface area contributed by atoms with Gasteiger partial charge in [0.15, 0.2) is 5.11 Å². The van der Waals surface area contributed by atoms with Crippen LogP contribution in [-0.4, -0.2) is 11.0 Å². The number of rotatable bonds is 3. The number of carbonyl (C=O) groups excluding carboxylic acids is 1. The lowest BCUT2D eigenvalue weighted by molar-refractivity contribution is 0.0977. The van der Waals surface area contributed by atoms with Crippen LogP contribution in [-0.2, 0) is 0 Å². The fraction of sp³-hybridized carbons (Fsp3) is 0.0476. The molecule has 3 rings (SSSR count). The molecule has 0 heterocycles. The first-order valence-electron chi connectivity index (χ1n) is 7.97. The summed E-state index contributed by atoms with van der Waals surface area (Å²) in [7, 11) is 0. The molecule has 3 aromatic rings. The Hall–Kier alpha value is -2.98. The first-order chi connectivity index (χ1) is 12.1. The lowest BCUT2D eigenvalue weighted by Crippen LogP contribution is -2.34. The Kier molecular flexibility index (Phi) is 5.21. The molecule has 2 N–H and O–H groups in total. The number of amides is 1. The highest BCUT2D eigenvalue weighted by Crippen LogP contribution is 2.27. The molecule has 3 aromatic carbocycles. The molecule has 0 fully saturated rings. The molecule has 0 aliphatic heterocycles. The van der Waals surface area contributed by atoms with Crippen molar-refractivity contribution in [2.45, 2.75) is 6.92 Å². The van der Waals surface area contributed by atoms with E-state index in [1.54, 1.807) is 6.07 Å². The van der Waals surface area contributed by atoms with Gasteiger partial charge in [-0.25, -0.2) is 0 Å². The van der Waals surface area contributed by atoms with Gasteiger partial charge in [-0.05, 0) is 42.9 Å². The molecule has 4 heteroatoms. The van der Waals surface area contributed by atoms with E-state index < -0.39 is 0 Å². The van der Waals surface area contributed by atoms with Crippen molar-refractivity contribution in [2.24, 2.45) is 0 Å². The van der Waals surface area contributed by atoms with Gasteiger partial charge < -0.3 is 5.32 Å². The molecule has 124 valence electrons. The van der Waals surface area contributed by atoms with Gasteiger partial charge in [0, 0.05) is 16.8 Å². The van der Waals surface area contributed by atoms with E-state index >= 15 is 0 Å². The lowest BCUT2D eigenvalue weighted by Gasteiger charge is -2.14. The minimum atomic E-state index is -0.224. The predicted molar refractivity (Wildman–Crippen MR) is 107 cm³/mol. The molecule has 0 unspecified atom stereocenters. The fourth-order valence-electron chi connectivity index (χ4n) is 2.58. The molecule has 3 nitrogen and oxygen atoms in total. The number of hydrogen-bond acceptors (Lipinski definition) is 2. The van der Waals surface area contributed by atoms with E-state index in [0.29, 0.717) is 5.56 Å². The third-order valence-corrected chi connectivity index (χ3v) is 3.97. The summed E-state index contributed by atoms with van der Waals surface area (Å²) >= 11 is 5.31. The second-order valence-corrected chi connectivity index (χ2v) is 6.10. The number of thiocarbonyl (C=S) groups is 1. The zero-order valence-corrected chi connectivity index (χ0v) is 14.6. The van der Waals surface area contributed by atoms with E-state index in [1.165, 1.54) is 0 Å². The van der Waals surface area contributed by atoms with Crippen molar-refractivity contribution < 1.29 is 4.79 Å². The van der Waals surface area contributed by atoms with Gasteiger partial charge in [0.25, 0.3) is 5.91 Å². The van der Waals surface area contributed by atoms with Gasteiger partial charge in [0.05, 0.1) is 0 Å². The smallest absolute Gasteiger partial charge is 0.257 e. The molecule has 0 aliphatic carbocycles. The van der Waals surface area contributed by atoms with Crippen LogP contribution in [0.2, 0.25) is 0 Å². The Balaban J connectivity index is 1.75. The summed E-state index contributed by atoms with van der Waals surface area (Å²) in [6, 6.07) is 25.3. The molecule has 0 saturated carbocycles. The first kappa shape index (κ1) is 16.9. The normalized spacial score (nSPS) is 10.1. The summed E-state index contributed by atoms with van der Waals surface area (Å²) in [6.45, 7) is 1.95. The number of hydrogen-bond donors (Lipinski definition) is 2. The third kappa shape index (κ3) is 4.31. The summed E-state index contributed by atoms with van der Waals surface area (Å²) in [6.07, 6.45) is 0. The quantitative estimate of drug-likeness (QED) is 0.670. The average molecular weight is 346 g/mol. The zero-order valence-electron chi connectivity index (χ0n) is 13.8. The highest BCUT2D eigenvalue weighted by molar-refractivity contribution is 7.80. The van der Waals surface area contributed by atoms with Crippen LogP contribution < -0.4 is 10.6 Å². The van der Waals surface area contributed by atoms with E-state index in [0.717, 1.165) is 22.4 Å². The molecule has 0 aromatic heterocycles. The second-order valence-electron chi connectivity index (χ2n) is 5.69. The predicted octanol–water partition coefficient (Wildman–Crippen LogP) is 4.79. The molecule has 0 bridgehead atoms. The summed E-state index contributed by atoms with van der Waals surface area (Å²) in [5, 5.41) is 6.13. The van der Waals surface area contributed by atoms with Crippen molar-refractivity contribution in [2.75, 3.05) is 5.32 Å². The van der Waals surface area contributed by atoms with Gasteiger partial charge in [-0.1, -0.05) is 66.2 Å². The average Bonchev–Trinajstić information content (AvgIpc) is 2.63. The Morgan fingerprint density at radius 3 is 2.36 bits per heavy atom. The van der Waals surface area contributed by atoms with Crippen molar-refractivity contribution in [3.05, 3.63) is 90.0 Å². The van der Waals surface area contributed by atoms with E-state index in [-0.39, 0.29) is 11.0 Å². The minimum absolute atomic E-state index is 0.224. The van der Waals surface area contributed by atoms with Crippen LogP contribution in [0.25, 0.3) is 11.1 Å². The molecular weight excluding hydrogens is 328 g/mol. The molecule has 0 atom stereocenters. The number of para-hydroxylation sites is 1. The number of anilines is 1. The fourth-order valence-corrected chi connectivity index (χ4v) is 2.78. The summed E-state index contributed by atoms with van der Waals surface area (Å²) in [5.74, 6) is -0.224. The van der Waals surface area contributed by atoms with Crippen LogP contribution in [0, 0.1) is 6.92 Å². The highest BCUT2D eigenvalue weighted by atomic mass is 32.1. The Labute approximate surface area is 152 Å². The monoisotopic (exact) mass is 346 g/mol. The second kappa shape index (κ2) is 7.73. The molecule has 25 heavy (non-hydrogen) atoms. The molecule has 0 aliphatic rings. The Bertz CT molecular complexity index is 907. The number of benzene rings is 3. The topological polar surface area (TPSA) is 41.1 Å². The van der Waals surface area contributed by atoms with Crippen molar-refractivity contribution in [3.63, 3.8) is 0 Å². The van der Waals surface area contributed by atoms with Gasteiger partial charge in [0.2, 0.25) is 0 Å². The van der Waals surface area contributed by atoms with Gasteiger partial charge >= 0.3 is 0 Å². The minimum Gasteiger partial charge on any atom is -0.332 e. The number of nitrogens with one attached hydrogen (secondary N) is 2. The van der Waals surface area contributed by atoms with E-state index in [4.69, 9.17) is 12.2 Å². The largest absolute Gasteiger partial charge is 0.332 e.